The number of anilines is 1. The summed E-state index contributed by atoms with van der Waals surface area (Å²) in [5.74, 6) is -2.45. The lowest BCUT2D eigenvalue weighted by Crippen LogP contribution is -2.33. The second kappa shape index (κ2) is 6.33. The summed E-state index contributed by atoms with van der Waals surface area (Å²) in [5, 5.41) is 0. The molecule has 0 unspecified atom stereocenters. The Morgan fingerprint density at radius 1 is 1.17 bits per heavy atom. The molecule has 3 nitrogen and oxygen atoms in total. The first kappa shape index (κ1) is 14.4. The van der Waals surface area contributed by atoms with Crippen LogP contribution in [0.3, 0.4) is 0 Å². The van der Waals surface area contributed by atoms with E-state index in [2.05, 4.69) is 0 Å². The van der Waals surface area contributed by atoms with E-state index in [0.29, 0.717) is 13.1 Å². The fourth-order valence-corrected chi connectivity index (χ4v) is 1.77. The van der Waals surface area contributed by atoms with Gasteiger partial charge < -0.3 is 10.6 Å². The van der Waals surface area contributed by atoms with Crippen molar-refractivity contribution in [2.45, 2.75) is 26.7 Å². The van der Waals surface area contributed by atoms with Gasteiger partial charge in [-0.2, -0.15) is 0 Å². The number of nitrogens with zero attached hydrogens (tertiary/aromatic N) is 1. The van der Waals surface area contributed by atoms with Crippen LogP contribution in [0.25, 0.3) is 0 Å². The summed E-state index contributed by atoms with van der Waals surface area (Å²) >= 11 is 0. The highest BCUT2D eigenvalue weighted by atomic mass is 19.2. The molecule has 0 atom stereocenters. The van der Waals surface area contributed by atoms with Gasteiger partial charge in [-0.25, -0.2) is 8.78 Å². The Balaban J connectivity index is 3.04. The summed E-state index contributed by atoms with van der Waals surface area (Å²) < 4.78 is 26.1. The highest BCUT2D eigenvalue weighted by Crippen LogP contribution is 2.19. The van der Waals surface area contributed by atoms with Crippen molar-refractivity contribution in [2.75, 3.05) is 18.8 Å². The first-order valence-corrected chi connectivity index (χ1v) is 6.05. The molecule has 0 aliphatic heterocycles. The van der Waals surface area contributed by atoms with E-state index < -0.39 is 11.6 Å². The van der Waals surface area contributed by atoms with Gasteiger partial charge in [0.15, 0.2) is 11.6 Å². The fraction of sp³-hybridized carbons (Fsp3) is 0.462. The standard InChI is InChI=1S/C13H18F2N2O/c1-3-5-17(6-4-2)13(18)9-7-10(14)11(15)8-12(9)16/h7-8H,3-6,16H2,1-2H3. The largest absolute Gasteiger partial charge is 0.398 e. The number of carbonyl (C=O) groups excluding carboxylic acids is 1. The van der Waals surface area contributed by atoms with Gasteiger partial charge in [-0.1, -0.05) is 13.8 Å². The second-order valence-electron chi connectivity index (χ2n) is 4.15. The maximum Gasteiger partial charge on any atom is 0.256 e. The molecule has 2 N–H and O–H groups in total. The molecule has 0 aromatic heterocycles. The minimum atomic E-state index is -1.06. The van der Waals surface area contributed by atoms with Gasteiger partial charge in [0.2, 0.25) is 0 Å². The van der Waals surface area contributed by atoms with Crippen LogP contribution in [0.4, 0.5) is 14.5 Å². The molecule has 0 saturated heterocycles. The first-order chi connectivity index (χ1) is 8.51. The highest BCUT2D eigenvalue weighted by molar-refractivity contribution is 5.99. The number of carbonyl (C=O) groups is 1. The van der Waals surface area contributed by atoms with Gasteiger partial charge in [0.05, 0.1) is 5.56 Å². The van der Waals surface area contributed by atoms with E-state index in [4.69, 9.17) is 5.73 Å². The van der Waals surface area contributed by atoms with Gasteiger partial charge in [0.1, 0.15) is 0 Å². The Morgan fingerprint density at radius 2 is 1.67 bits per heavy atom. The lowest BCUT2D eigenvalue weighted by molar-refractivity contribution is 0.0756. The number of rotatable bonds is 5. The molecule has 0 heterocycles. The molecule has 0 bridgehead atoms. The van der Waals surface area contributed by atoms with Crippen LogP contribution >= 0.6 is 0 Å². The number of halogens is 2. The van der Waals surface area contributed by atoms with Crippen molar-refractivity contribution in [2.24, 2.45) is 0 Å². The molecule has 1 aromatic carbocycles. The zero-order valence-corrected chi connectivity index (χ0v) is 10.7. The van der Waals surface area contributed by atoms with Gasteiger partial charge in [0.25, 0.3) is 5.91 Å². The third-order valence-corrected chi connectivity index (χ3v) is 2.60. The summed E-state index contributed by atoms with van der Waals surface area (Å²) in [4.78, 5) is 13.8. The van der Waals surface area contributed by atoms with Crippen molar-refractivity contribution >= 4 is 11.6 Å². The van der Waals surface area contributed by atoms with Gasteiger partial charge in [-0.3, -0.25) is 4.79 Å². The first-order valence-electron chi connectivity index (χ1n) is 6.05. The molecule has 5 heteroatoms. The lowest BCUT2D eigenvalue weighted by atomic mass is 10.1. The summed E-state index contributed by atoms with van der Waals surface area (Å²) in [7, 11) is 0. The predicted molar refractivity (Wildman–Crippen MR) is 67.3 cm³/mol. The number of hydrogen-bond donors (Lipinski definition) is 1. The van der Waals surface area contributed by atoms with Crippen LogP contribution in [0.15, 0.2) is 12.1 Å². The molecule has 100 valence electrons. The number of nitrogen functional groups attached to an aromatic ring is 1. The molecular formula is C13H18F2N2O. The van der Waals surface area contributed by atoms with Crippen molar-refractivity contribution in [3.8, 4) is 0 Å². The van der Waals surface area contributed by atoms with Crippen molar-refractivity contribution in [1.82, 2.24) is 4.90 Å². The average Bonchev–Trinajstić information content (AvgIpc) is 2.33. The van der Waals surface area contributed by atoms with Crippen molar-refractivity contribution in [3.63, 3.8) is 0 Å². The number of hydrogen-bond acceptors (Lipinski definition) is 2. The minimum absolute atomic E-state index is 0.0239. The second-order valence-corrected chi connectivity index (χ2v) is 4.15. The quantitative estimate of drug-likeness (QED) is 0.823. The molecule has 1 rings (SSSR count). The molecule has 0 spiro atoms. The lowest BCUT2D eigenvalue weighted by Gasteiger charge is -2.22. The van der Waals surface area contributed by atoms with E-state index in [1.165, 1.54) is 0 Å². The van der Waals surface area contributed by atoms with E-state index in [1.54, 1.807) is 4.90 Å². The maximum absolute atomic E-state index is 13.2. The SMILES string of the molecule is CCCN(CCC)C(=O)c1cc(F)c(F)cc1N. The van der Waals surface area contributed by atoms with Gasteiger partial charge in [-0.15, -0.1) is 0 Å². The Labute approximate surface area is 106 Å². The Kier molecular flexibility index (Phi) is 5.07. The summed E-state index contributed by atoms with van der Waals surface area (Å²) in [6, 6.07) is 1.71. The highest BCUT2D eigenvalue weighted by Gasteiger charge is 2.19. The third kappa shape index (κ3) is 3.18. The van der Waals surface area contributed by atoms with Crippen LogP contribution in [0.2, 0.25) is 0 Å². The zero-order valence-electron chi connectivity index (χ0n) is 10.7. The number of benzene rings is 1. The maximum atomic E-state index is 13.2. The van der Waals surface area contributed by atoms with Crippen molar-refractivity contribution in [3.05, 3.63) is 29.3 Å². The smallest absolute Gasteiger partial charge is 0.256 e. The molecule has 0 aliphatic carbocycles. The van der Waals surface area contributed by atoms with Crippen molar-refractivity contribution in [1.29, 1.82) is 0 Å². The minimum Gasteiger partial charge on any atom is -0.398 e. The van der Waals surface area contributed by atoms with Crippen LogP contribution in [-0.2, 0) is 0 Å². The number of amides is 1. The third-order valence-electron chi connectivity index (χ3n) is 2.60. The summed E-state index contributed by atoms with van der Waals surface area (Å²) in [6.07, 6.45) is 1.60. The molecular weight excluding hydrogens is 238 g/mol. The van der Waals surface area contributed by atoms with E-state index in [-0.39, 0.29) is 17.2 Å². The summed E-state index contributed by atoms with van der Waals surface area (Å²) in [5.41, 5.74) is 5.56. The van der Waals surface area contributed by atoms with Crippen molar-refractivity contribution < 1.29 is 13.6 Å². The molecule has 0 fully saturated rings. The molecule has 18 heavy (non-hydrogen) atoms. The zero-order chi connectivity index (χ0) is 13.7. The van der Waals surface area contributed by atoms with E-state index in [9.17, 15) is 13.6 Å². The van der Waals surface area contributed by atoms with Crippen LogP contribution in [0.5, 0.6) is 0 Å². The van der Waals surface area contributed by atoms with Gasteiger partial charge >= 0.3 is 0 Å². The fourth-order valence-electron chi connectivity index (χ4n) is 1.77. The summed E-state index contributed by atoms with van der Waals surface area (Å²) in [6.45, 7) is 5.05. The molecule has 1 aromatic rings. The van der Waals surface area contributed by atoms with Crippen LogP contribution < -0.4 is 5.73 Å². The van der Waals surface area contributed by atoms with Crippen LogP contribution in [0, 0.1) is 11.6 Å². The monoisotopic (exact) mass is 256 g/mol. The van der Waals surface area contributed by atoms with E-state index >= 15 is 0 Å². The normalized spacial score (nSPS) is 10.4. The Hall–Kier alpha value is -1.65. The molecule has 0 saturated carbocycles. The molecule has 0 aliphatic rings. The Bertz CT molecular complexity index is 429. The topological polar surface area (TPSA) is 46.3 Å². The van der Waals surface area contributed by atoms with Gasteiger partial charge in [0, 0.05) is 24.8 Å². The Morgan fingerprint density at radius 3 is 2.17 bits per heavy atom. The average molecular weight is 256 g/mol. The van der Waals surface area contributed by atoms with Crippen LogP contribution in [-0.4, -0.2) is 23.9 Å². The number of nitrogens with two attached hydrogens (primary N) is 1. The molecule has 0 radical (unpaired) electrons. The van der Waals surface area contributed by atoms with Gasteiger partial charge in [-0.05, 0) is 18.9 Å². The predicted octanol–water partition coefficient (Wildman–Crippen LogP) is 2.81. The van der Waals surface area contributed by atoms with E-state index in [0.717, 1.165) is 25.0 Å². The van der Waals surface area contributed by atoms with Crippen LogP contribution in [0.1, 0.15) is 37.0 Å². The molecule has 1 amide bonds. The van der Waals surface area contributed by atoms with E-state index in [1.807, 2.05) is 13.8 Å².